The number of nitrogens with one attached hydrogen (secondary N) is 3. The van der Waals surface area contributed by atoms with E-state index in [4.69, 9.17) is 0 Å². The van der Waals surface area contributed by atoms with Gasteiger partial charge in [-0.3, -0.25) is 10.1 Å². The SMILES string of the molecule is CC(C)CCNc1ncnc(NC2CC(C)(C)NC(C)(C)C2)c1[N+](=O)[O-]. The Morgan fingerprint density at radius 1 is 1.23 bits per heavy atom. The molecule has 1 aliphatic rings. The number of nitrogens with zero attached hydrogens (tertiary/aromatic N) is 3. The van der Waals surface area contributed by atoms with Crippen LogP contribution in [0.3, 0.4) is 0 Å². The molecule has 0 atom stereocenters. The fourth-order valence-electron chi connectivity index (χ4n) is 3.88. The van der Waals surface area contributed by atoms with Gasteiger partial charge in [0, 0.05) is 23.7 Å². The van der Waals surface area contributed by atoms with Crippen molar-refractivity contribution in [2.75, 3.05) is 17.2 Å². The van der Waals surface area contributed by atoms with Crippen LogP contribution >= 0.6 is 0 Å². The predicted molar refractivity (Wildman–Crippen MR) is 105 cm³/mol. The van der Waals surface area contributed by atoms with Gasteiger partial charge < -0.3 is 16.0 Å². The van der Waals surface area contributed by atoms with Gasteiger partial charge in [0.05, 0.1) is 4.92 Å². The molecule has 0 unspecified atom stereocenters. The van der Waals surface area contributed by atoms with E-state index in [9.17, 15) is 10.1 Å². The summed E-state index contributed by atoms with van der Waals surface area (Å²) in [5.41, 5.74) is -0.190. The molecule has 0 radical (unpaired) electrons. The van der Waals surface area contributed by atoms with Crippen molar-refractivity contribution < 1.29 is 4.92 Å². The molecule has 2 rings (SSSR count). The Morgan fingerprint density at radius 3 is 2.35 bits per heavy atom. The lowest BCUT2D eigenvalue weighted by molar-refractivity contribution is -0.383. The summed E-state index contributed by atoms with van der Waals surface area (Å²) in [5, 5.41) is 21.7. The van der Waals surface area contributed by atoms with Gasteiger partial charge in [0.1, 0.15) is 6.33 Å². The molecule has 8 heteroatoms. The third kappa shape index (κ3) is 5.52. The second-order valence-electron chi connectivity index (χ2n) is 8.93. The van der Waals surface area contributed by atoms with Crippen molar-refractivity contribution in [3.8, 4) is 0 Å². The van der Waals surface area contributed by atoms with Crippen LogP contribution in [-0.4, -0.2) is 38.6 Å². The highest BCUT2D eigenvalue weighted by Gasteiger charge is 2.38. The van der Waals surface area contributed by atoms with Gasteiger partial charge in [-0.2, -0.15) is 0 Å². The van der Waals surface area contributed by atoms with Crippen LogP contribution in [0.1, 0.15) is 60.8 Å². The van der Waals surface area contributed by atoms with E-state index in [2.05, 4.69) is 67.5 Å². The van der Waals surface area contributed by atoms with Gasteiger partial charge in [-0.25, -0.2) is 9.97 Å². The molecule has 1 aromatic rings. The van der Waals surface area contributed by atoms with Crippen molar-refractivity contribution in [1.29, 1.82) is 0 Å². The van der Waals surface area contributed by atoms with E-state index < -0.39 is 4.92 Å². The first-order chi connectivity index (χ1) is 12.0. The first-order valence-electron chi connectivity index (χ1n) is 9.28. The lowest BCUT2D eigenvalue weighted by Gasteiger charge is -2.46. The van der Waals surface area contributed by atoms with Crippen LogP contribution in [0.4, 0.5) is 17.3 Å². The fourth-order valence-corrected chi connectivity index (χ4v) is 3.88. The molecule has 8 nitrogen and oxygen atoms in total. The summed E-state index contributed by atoms with van der Waals surface area (Å²) < 4.78 is 0. The average Bonchev–Trinajstić information content (AvgIpc) is 2.43. The summed E-state index contributed by atoms with van der Waals surface area (Å²) in [6.07, 6.45) is 4.01. The van der Waals surface area contributed by atoms with Gasteiger partial charge in [0.25, 0.3) is 0 Å². The summed E-state index contributed by atoms with van der Waals surface area (Å²) in [5.74, 6) is 1.08. The lowest BCUT2D eigenvalue weighted by Crippen LogP contribution is -2.60. The maximum atomic E-state index is 11.7. The molecule has 2 heterocycles. The molecule has 0 bridgehead atoms. The molecule has 0 aromatic carbocycles. The minimum atomic E-state index is -0.405. The Bertz CT molecular complexity index is 629. The third-order valence-electron chi connectivity index (χ3n) is 4.55. The van der Waals surface area contributed by atoms with E-state index in [1.165, 1.54) is 6.33 Å². The molecule has 1 saturated heterocycles. The van der Waals surface area contributed by atoms with Gasteiger partial charge in [0.15, 0.2) is 0 Å². The highest BCUT2D eigenvalue weighted by Crippen LogP contribution is 2.34. The zero-order valence-corrected chi connectivity index (χ0v) is 16.7. The van der Waals surface area contributed by atoms with Gasteiger partial charge in [0.2, 0.25) is 11.6 Å². The maximum Gasteiger partial charge on any atom is 0.353 e. The zero-order valence-electron chi connectivity index (χ0n) is 16.7. The van der Waals surface area contributed by atoms with E-state index in [0.29, 0.717) is 12.5 Å². The van der Waals surface area contributed by atoms with Gasteiger partial charge >= 0.3 is 5.69 Å². The van der Waals surface area contributed by atoms with Crippen LogP contribution in [0.2, 0.25) is 0 Å². The number of hydrogen-bond donors (Lipinski definition) is 3. The molecular formula is C18H32N6O2. The van der Waals surface area contributed by atoms with E-state index >= 15 is 0 Å². The molecule has 1 aromatic heterocycles. The molecule has 3 N–H and O–H groups in total. The summed E-state index contributed by atoms with van der Waals surface area (Å²) in [4.78, 5) is 19.5. The molecular weight excluding hydrogens is 332 g/mol. The largest absolute Gasteiger partial charge is 0.364 e. The van der Waals surface area contributed by atoms with Crippen LogP contribution in [0.25, 0.3) is 0 Å². The van der Waals surface area contributed by atoms with Gasteiger partial charge in [-0.1, -0.05) is 13.8 Å². The first-order valence-corrected chi connectivity index (χ1v) is 9.28. The molecule has 26 heavy (non-hydrogen) atoms. The second-order valence-corrected chi connectivity index (χ2v) is 8.93. The van der Waals surface area contributed by atoms with Gasteiger partial charge in [-0.05, 0) is 52.9 Å². The number of rotatable bonds is 7. The standard InChI is InChI=1S/C18H32N6O2/c1-12(2)7-8-19-15-14(24(25)26)16(21-11-20-15)22-13-9-17(3,4)23-18(5,6)10-13/h11-13,23H,7-10H2,1-6H3,(H2,19,20,21,22). The summed E-state index contributed by atoms with van der Waals surface area (Å²) in [6, 6.07) is 0.0957. The molecule has 0 saturated carbocycles. The highest BCUT2D eigenvalue weighted by atomic mass is 16.6. The molecule has 0 amide bonds. The van der Waals surface area contributed by atoms with Gasteiger partial charge in [-0.15, -0.1) is 0 Å². The molecule has 146 valence electrons. The smallest absolute Gasteiger partial charge is 0.353 e. The maximum absolute atomic E-state index is 11.7. The quantitative estimate of drug-likeness (QED) is 0.502. The normalized spacial score (nSPS) is 19.3. The van der Waals surface area contributed by atoms with Crippen LogP contribution in [0, 0.1) is 16.0 Å². The van der Waals surface area contributed by atoms with Crippen LogP contribution < -0.4 is 16.0 Å². The number of anilines is 2. The lowest BCUT2D eigenvalue weighted by atomic mass is 9.79. The van der Waals surface area contributed by atoms with Crippen molar-refractivity contribution in [2.24, 2.45) is 5.92 Å². The fraction of sp³-hybridized carbons (Fsp3) is 0.778. The monoisotopic (exact) mass is 364 g/mol. The number of nitro groups is 1. The summed E-state index contributed by atoms with van der Waals surface area (Å²) >= 11 is 0. The first kappa shape index (κ1) is 20.4. The third-order valence-corrected chi connectivity index (χ3v) is 4.55. The Morgan fingerprint density at radius 2 is 1.81 bits per heavy atom. The zero-order chi connectivity index (χ0) is 19.5. The Balaban J connectivity index is 2.21. The second kappa shape index (κ2) is 7.73. The molecule has 0 spiro atoms. The Hall–Kier alpha value is -1.96. The molecule has 1 aliphatic heterocycles. The Labute approximate surface area is 155 Å². The minimum absolute atomic E-state index is 0.0560. The highest BCUT2D eigenvalue weighted by molar-refractivity contribution is 5.69. The van der Waals surface area contributed by atoms with Crippen LogP contribution in [0.15, 0.2) is 6.33 Å². The van der Waals surface area contributed by atoms with Crippen LogP contribution in [-0.2, 0) is 0 Å². The van der Waals surface area contributed by atoms with E-state index in [0.717, 1.165) is 19.3 Å². The minimum Gasteiger partial charge on any atom is -0.364 e. The number of hydrogen-bond acceptors (Lipinski definition) is 7. The molecule has 0 aliphatic carbocycles. The number of piperidine rings is 1. The van der Waals surface area contributed by atoms with Crippen molar-refractivity contribution in [3.05, 3.63) is 16.4 Å². The van der Waals surface area contributed by atoms with Crippen LogP contribution in [0.5, 0.6) is 0 Å². The van der Waals surface area contributed by atoms with E-state index in [1.54, 1.807) is 0 Å². The van der Waals surface area contributed by atoms with Crippen molar-refractivity contribution in [2.45, 2.75) is 77.9 Å². The van der Waals surface area contributed by atoms with E-state index in [1.807, 2.05) is 0 Å². The Kier molecular flexibility index (Phi) is 6.05. The van der Waals surface area contributed by atoms with Crippen molar-refractivity contribution in [3.63, 3.8) is 0 Å². The van der Waals surface area contributed by atoms with E-state index in [-0.39, 0.29) is 34.4 Å². The van der Waals surface area contributed by atoms with Crippen molar-refractivity contribution in [1.82, 2.24) is 15.3 Å². The topological polar surface area (TPSA) is 105 Å². The molecule has 1 fully saturated rings. The van der Waals surface area contributed by atoms with Crippen molar-refractivity contribution >= 4 is 17.3 Å². The predicted octanol–water partition coefficient (Wildman–Crippen LogP) is 3.56. The average molecular weight is 364 g/mol. The number of aromatic nitrogens is 2. The summed E-state index contributed by atoms with van der Waals surface area (Å²) in [7, 11) is 0. The summed E-state index contributed by atoms with van der Waals surface area (Å²) in [6.45, 7) is 13.5.